The highest BCUT2D eigenvalue weighted by molar-refractivity contribution is 5.98. The SMILES string of the molecule is C=C1CC[C@H](NC(=O)c2ccc(OC)cc2F)C(=O)N1. The fraction of sp³-hybridized carbons (Fsp3) is 0.286. The van der Waals surface area contributed by atoms with Gasteiger partial charge in [-0.2, -0.15) is 0 Å². The van der Waals surface area contributed by atoms with Gasteiger partial charge in [0.25, 0.3) is 5.91 Å². The molecule has 2 rings (SSSR count). The molecule has 0 aromatic heterocycles. The number of nitrogens with one attached hydrogen (secondary N) is 2. The first-order chi connectivity index (χ1) is 9.51. The standard InChI is InChI=1S/C14H15FN2O3/c1-8-3-6-12(14(19)16-8)17-13(18)10-5-4-9(20-2)7-11(10)15/h4-5,7,12H,1,3,6H2,2H3,(H,16,19)(H,17,18)/t12-/m0/s1. The molecule has 1 heterocycles. The van der Waals surface area contributed by atoms with Gasteiger partial charge in [0.05, 0.1) is 12.7 Å². The lowest BCUT2D eigenvalue weighted by molar-refractivity contribution is -0.123. The van der Waals surface area contributed by atoms with Gasteiger partial charge in [-0.1, -0.05) is 6.58 Å². The van der Waals surface area contributed by atoms with E-state index in [9.17, 15) is 14.0 Å². The molecule has 0 unspecified atom stereocenters. The van der Waals surface area contributed by atoms with Crippen LogP contribution in [0.3, 0.4) is 0 Å². The lowest BCUT2D eigenvalue weighted by atomic mass is 10.0. The Kier molecular flexibility index (Phi) is 4.02. The summed E-state index contributed by atoms with van der Waals surface area (Å²) in [6.07, 6.45) is 1.04. The molecular formula is C14H15FN2O3. The second-order valence-corrected chi connectivity index (χ2v) is 4.50. The summed E-state index contributed by atoms with van der Waals surface area (Å²) in [5, 5.41) is 5.07. The summed E-state index contributed by atoms with van der Waals surface area (Å²) in [4.78, 5) is 23.6. The molecule has 5 nitrogen and oxygen atoms in total. The van der Waals surface area contributed by atoms with Crippen LogP contribution in [0.1, 0.15) is 23.2 Å². The molecular weight excluding hydrogens is 263 g/mol. The maximum atomic E-state index is 13.7. The Bertz CT molecular complexity index is 572. The Hall–Kier alpha value is -2.37. The minimum Gasteiger partial charge on any atom is -0.497 e. The number of allylic oxidation sites excluding steroid dienone is 1. The monoisotopic (exact) mass is 278 g/mol. The number of amides is 2. The molecule has 1 fully saturated rings. The quantitative estimate of drug-likeness (QED) is 0.877. The van der Waals surface area contributed by atoms with Gasteiger partial charge in [-0.15, -0.1) is 0 Å². The maximum Gasteiger partial charge on any atom is 0.254 e. The van der Waals surface area contributed by atoms with E-state index in [0.29, 0.717) is 24.3 Å². The molecule has 0 aliphatic carbocycles. The molecule has 1 atom stereocenters. The van der Waals surface area contributed by atoms with Gasteiger partial charge in [-0.05, 0) is 25.0 Å². The van der Waals surface area contributed by atoms with E-state index in [4.69, 9.17) is 4.74 Å². The molecule has 0 saturated carbocycles. The zero-order valence-electron chi connectivity index (χ0n) is 11.0. The number of hydrogen-bond donors (Lipinski definition) is 2. The smallest absolute Gasteiger partial charge is 0.254 e. The molecule has 20 heavy (non-hydrogen) atoms. The van der Waals surface area contributed by atoms with Gasteiger partial charge in [-0.3, -0.25) is 9.59 Å². The van der Waals surface area contributed by atoms with Crippen molar-refractivity contribution in [3.8, 4) is 5.75 Å². The van der Waals surface area contributed by atoms with Crippen molar-refractivity contribution in [2.24, 2.45) is 0 Å². The number of methoxy groups -OCH3 is 1. The summed E-state index contributed by atoms with van der Waals surface area (Å²) >= 11 is 0. The van der Waals surface area contributed by atoms with Gasteiger partial charge in [0.15, 0.2) is 0 Å². The first kappa shape index (κ1) is 14.0. The number of ether oxygens (including phenoxy) is 1. The third-order valence-electron chi connectivity index (χ3n) is 3.08. The van der Waals surface area contributed by atoms with Crippen LogP contribution in [-0.2, 0) is 4.79 Å². The molecule has 0 spiro atoms. The molecule has 1 aliphatic rings. The van der Waals surface area contributed by atoms with Crippen molar-refractivity contribution >= 4 is 11.8 Å². The van der Waals surface area contributed by atoms with Crippen LogP contribution >= 0.6 is 0 Å². The summed E-state index contributed by atoms with van der Waals surface area (Å²) < 4.78 is 18.6. The van der Waals surface area contributed by atoms with E-state index in [1.54, 1.807) is 0 Å². The normalized spacial score (nSPS) is 18.4. The Morgan fingerprint density at radius 2 is 2.30 bits per heavy atom. The summed E-state index contributed by atoms with van der Waals surface area (Å²) in [6, 6.07) is 3.26. The van der Waals surface area contributed by atoms with Crippen LogP contribution in [0.2, 0.25) is 0 Å². The largest absolute Gasteiger partial charge is 0.497 e. The number of hydrogen-bond acceptors (Lipinski definition) is 3. The minimum absolute atomic E-state index is 0.122. The molecule has 0 bridgehead atoms. The fourth-order valence-electron chi connectivity index (χ4n) is 1.95. The van der Waals surface area contributed by atoms with Crippen molar-refractivity contribution in [3.63, 3.8) is 0 Å². The molecule has 1 aromatic rings. The predicted octanol–water partition coefficient (Wildman–Crippen LogP) is 1.36. The Morgan fingerprint density at radius 1 is 1.55 bits per heavy atom. The lowest BCUT2D eigenvalue weighted by Gasteiger charge is -2.24. The zero-order valence-corrected chi connectivity index (χ0v) is 11.0. The zero-order chi connectivity index (χ0) is 14.7. The molecule has 2 amide bonds. The van der Waals surface area contributed by atoms with Crippen LogP contribution < -0.4 is 15.4 Å². The average Bonchev–Trinajstić information content (AvgIpc) is 2.41. The number of benzene rings is 1. The molecule has 6 heteroatoms. The second kappa shape index (κ2) is 5.73. The number of rotatable bonds is 3. The number of halogens is 1. The van der Waals surface area contributed by atoms with E-state index in [0.717, 1.165) is 6.07 Å². The summed E-state index contributed by atoms with van der Waals surface area (Å²) in [6.45, 7) is 3.65. The van der Waals surface area contributed by atoms with Crippen molar-refractivity contribution in [1.29, 1.82) is 0 Å². The molecule has 0 radical (unpaired) electrons. The first-order valence-electron chi connectivity index (χ1n) is 6.14. The van der Waals surface area contributed by atoms with Gasteiger partial charge < -0.3 is 15.4 Å². The second-order valence-electron chi connectivity index (χ2n) is 4.50. The predicted molar refractivity (Wildman–Crippen MR) is 70.7 cm³/mol. The van der Waals surface area contributed by atoms with Crippen molar-refractivity contribution in [2.45, 2.75) is 18.9 Å². The highest BCUT2D eigenvalue weighted by Crippen LogP contribution is 2.17. The van der Waals surface area contributed by atoms with Crippen molar-refractivity contribution in [1.82, 2.24) is 10.6 Å². The average molecular weight is 278 g/mol. The van der Waals surface area contributed by atoms with E-state index < -0.39 is 17.8 Å². The molecule has 106 valence electrons. The number of carbonyl (C=O) groups is 2. The first-order valence-corrected chi connectivity index (χ1v) is 6.14. The highest BCUT2D eigenvalue weighted by Gasteiger charge is 2.26. The van der Waals surface area contributed by atoms with Gasteiger partial charge in [0, 0.05) is 11.8 Å². The van der Waals surface area contributed by atoms with Gasteiger partial charge in [0.2, 0.25) is 5.91 Å². The molecule has 2 N–H and O–H groups in total. The third-order valence-corrected chi connectivity index (χ3v) is 3.08. The Balaban J connectivity index is 2.08. The summed E-state index contributed by atoms with van der Waals surface area (Å²) in [5.74, 6) is -1.32. The van der Waals surface area contributed by atoms with Crippen LogP contribution in [0, 0.1) is 5.82 Å². The van der Waals surface area contributed by atoms with Crippen LogP contribution in [-0.4, -0.2) is 25.0 Å². The van der Waals surface area contributed by atoms with Crippen LogP contribution in [0.5, 0.6) is 5.75 Å². The Labute approximate surface area is 115 Å². The third kappa shape index (κ3) is 2.96. The molecule has 1 saturated heterocycles. The van der Waals surface area contributed by atoms with Crippen molar-refractivity contribution in [2.75, 3.05) is 7.11 Å². The van der Waals surface area contributed by atoms with Gasteiger partial charge >= 0.3 is 0 Å². The number of piperidine rings is 1. The van der Waals surface area contributed by atoms with Crippen molar-refractivity contribution in [3.05, 3.63) is 41.9 Å². The van der Waals surface area contributed by atoms with Gasteiger partial charge in [-0.25, -0.2) is 4.39 Å². The highest BCUT2D eigenvalue weighted by atomic mass is 19.1. The van der Waals surface area contributed by atoms with Crippen LogP contribution in [0.15, 0.2) is 30.5 Å². The molecule has 1 aromatic carbocycles. The van der Waals surface area contributed by atoms with E-state index in [1.807, 2.05) is 0 Å². The maximum absolute atomic E-state index is 13.7. The van der Waals surface area contributed by atoms with Crippen molar-refractivity contribution < 1.29 is 18.7 Å². The minimum atomic E-state index is -0.692. The topological polar surface area (TPSA) is 67.4 Å². The lowest BCUT2D eigenvalue weighted by Crippen LogP contribution is -2.49. The molecule has 1 aliphatic heterocycles. The van der Waals surface area contributed by atoms with E-state index >= 15 is 0 Å². The van der Waals surface area contributed by atoms with E-state index in [1.165, 1.54) is 19.2 Å². The summed E-state index contributed by atoms with van der Waals surface area (Å²) in [5.41, 5.74) is 0.499. The van der Waals surface area contributed by atoms with E-state index in [2.05, 4.69) is 17.2 Å². The Morgan fingerprint density at radius 3 is 2.90 bits per heavy atom. The van der Waals surface area contributed by atoms with Crippen LogP contribution in [0.25, 0.3) is 0 Å². The van der Waals surface area contributed by atoms with Gasteiger partial charge in [0.1, 0.15) is 17.6 Å². The van der Waals surface area contributed by atoms with Crippen LogP contribution in [0.4, 0.5) is 4.39 Å². The van der Waals surface area contributed by atoms with E-state index in [-0.39, 0.29) is 11.5 Å². The fourth-order valence-corrected chi connectivity index (χ4v) is 1.95. The number of carbonyl (C=O) groups excluding carboxylic acids is 2. The summed E-state index contributed by atoms with van der Waals surface area (Å²) in [7, 11) is 1.41.